The lowest BCUT2D eigenvalue weighted by Gasteiger charge is -2.32. The first kappa shape index (κ1) is 50.1. The molecule has 0 aliphatic carbocycles. The Balaban J connectivity index is 0.000000199. The lowest BCUT2D eigenvalue weighted by atomic mass is 10.0. The van der Waals surface area contributed by atoms with E-state index in [0.29, 0.717) is 24.4 Å². The van der Waals surface area contributed by atoms with Gasteiger partial charge in [0.05, 0.1) is 10.5 Å². The molecule has 8 rings (SSSR count). The molecule has 1 unspecified atom stereocenters. The lowest BCUT2D eigenvalue weighted by Crippen LogP contribution is -2.43. The summed E-state index contributed by atoms with van der Waals surface area (Å²) >= 11 is 1.78. The van der Waals surface area contributed by atoms with Crippen molar-refractivity contribution in [1.29, 1.82) is 0 Å². The molecule has 2 saturated heterocycles. The molecule has 2 fully saturated rings. The van der Waals surface area contributed by atoms with E-state index in [9.17, 15) is 30.6 Å². The van der Waals surface area contributed by atoms with Crippen LogP contribution in [0.15, 0.2) is 146 Å². The fourth-order valence-electron chi connectivity index (χ4n) is 8.64. The van der Waals surface area contributed by atoms with Crippen molar-refractivity contribution in [3.63, 3.8) is 0 Å². The van der Waals surface area contributed by atoms with Gasteiger partial charge in [-0.1, -0.05) is 72.8 Å². The van der Waals surface area contributed by atoms with Crippen LogP contribution in [0.4, 0.5) is 26.3 Å². The first-order valence-electron chi connectivity index (χ1n) is 23.0. The average Bonchev–Trinajstić information content (AvgIpc) is 3.34. The number of benzene rings is 6. The highest BCUT2D eigenvalue weighted by Crippen LogP contribution is 2.36. The molecule has 0 bridgehead atoms. The molecule has 0 radical (unpaired) electrons. The van der Waals surface area contributed by atoms with Gasteiger partial charge in [0, 0.05) is 60.6 Å². The average molecular weight is 957 g/mol. The number of thioether (sulfide) groups is 1. The number of hydrogen-bond donors (Lipinski definition) is 2. The Bertz CT molecular complexity index is 2300. The number of nitrogens with zero attached hydrogens (tertiary/aromatic N) is 2. The highest BCUT2D eigenvalue weighted by molar-refractivity contribution is 7.99. The molecule has 0 aromatic heterocycles. The Morgan fingerprint density at radius 2 is 0.776 bits per heavy atom. The van der Waals surface area contributed by atoms with Gasteiger partial charge in [0.2, 0.25) is 0 Å². The van der Waals surface area contributed by atoms with Crippen LogP contribution in [0, 0.1) is 34.9 Å². The van der Waals surface area contributed by atoms with E-state index >= 15 is 0 Å². The van der Waals surface area contributed by atoms with Gasteiger partial charge >= 0.3 is 0 Å². The Hall–Kier alpha value is -4.76. The maximum absolute atomic E-state index is 13.4. The summed E-state index contributed by atoms with van der Waals surface area (Å²) < 4.78 is 93.1. The molecule has 0 spiro atoms. The summed E-state index contributed by atoms with van der Waals surface area (Å²) in [5.74, 6) is -0.279. The smallest absolute Gasteiger partial charge is 0.123 e. The molecular formula is C54H58F6N4OS2. The molecule has 6 aromatic rings. The van der Waals surface area contributed by atoms with Crippen molar-refractivity contribution in [2.24, 2.45) is 0 Å². The van der Waals surface area contributed by atoms with Crippen molar-refractivity contribution in [2.45, 2.75) is 61.4 Å². The molecule has 13 heteroatoms. The van der Waals surface area contributed by atoms with E-state index in [1.807, 2.05) is 24.3 Å². The second kappa shape index (κ2) is 25.6. The van der Waals surface area contributed by atoms with E-state index in [-0.39, 0.29) is 40.2 Å². The van der Waals surface area contributed by atoms with Crippen LogP contribution in [0.1, 0.15) is 69.6 Å². The molecule has 1 atom stereocenters. The predicted octanol–water partition coefficient (Wildman–Crippen LogP) is 11.4. The largest absolute Gasteiger partial charge is 0.313 e. The molecule has 67 heavy (non-hydrogen) atoms. The third-order valence-corrected chi connectivity index (χ3v) is 15.3. The van der Waals surface area contributed by atoms with Crippen molar-refractivity contribution in [3.8, 4) is 0 Å². The zero-order chi connectivity index (χ0) is 47.0. The van der Waals surface area contributed by atoms with Crippen molar-refractivity contribution in [1.82, 2.24) is 20.4 Å². The monoisotopic (exact) mass is 956 g/mol. The molecular weight excluding hydrogens is 899 g/mol. The van der Waals surface area contributed by atoms with Crippen LogP contribution in [0.5, 0.6) is 0 Å². The van der Waals surface area contributed by atoms with Crippen LogP contribution < -0.4 is 10.6 Å². The van der Waals surface area contributed by atoms with Crippen LogP contribution in [0.3, 0.4) is 0 Å². The Labute approximate surface area is 397 Å². The van der Waals surface area contributed by atoms with Gasteiger partial charge in [0.25, 0.3) is 0 Å². The lowest BCUT2D eigenvalue weighted by molar-refractivity contribution is 0.192. The van der Waals surface area contributed by atoms with Gasteiger partial charge in [-0.15, -0.1) is 11.8 Å². The highest BCUT2D eigenvalue weighted by atomic mass is 32.2. The maximum atomic E-state index is 13.4. The Morgan fingerprint density at radius 1 is 0.463 bits per heavy atom. The molecule has 354 valence electrons. The second-order valence-corrected chi connectivity index (χ2v) is 20.0. The van der Waals surface area contributed by atoms with Crippen LogP contribution in [0.25, 0.3) is 0 Å². The van der Waals surface area contributed by atoms with Gasteiger partial charge in [-0.3, -0.25) is 14.0 Å². The minimum Gasteiger partial charge on any atom is -0.313 e. The normalized spacial score (nSPS) is 15.7. The first-order chi connectivity index (χ1) is 32.5. The van der Waals surface area contributed by atoms with Crippen molar-refractivity contribution < 1.29 is 30.6 Å². The molecule has 2 aliphatic heterocycles. The molecule has 2 N–H and O–H groups in total. The Kier molecular flexibility index (Phi) is 19.1. The quantitative estimate of drug-likeness (QED) is 0.0661. The molecule has 6 aromatic carbocycles. The second-order valence-electron chi connectivity index (χ2n) is 17.2. The topological polar surface area (TPSA) is 47.6 Å². The number of halogens is 6. The van der Waals surface area contributed by atoms with E-state index < -0.39 is 16.0 Å². The van der Waals surface area contributed by atoms with Crippen LogP contribution in [0.2, 0.25) is 0 Å². The van der Waals surface area contributed by atoms with E-state index in [1.54, 1.807) is 60.3 Å². The van der Waals surface area contributed by atoms with Crippen LogP contribution >= 0.6 is 11.8 Å². The van der Waals surface area contributed by atoms with Crippen molar-refractivity contribution in [3.05, 3.63) is 214 Å². The zero-order valence-electron chi connectivity index (χ0n) is 37.5. The van der Waals surface area contributed by atoms with Crippen molar-refractivity contribution >= 4 is 22.6 Å². The molecule has 2 heterocycles. The molecule has 2 aliphatic rings. The first-order valence-corrected chi connectivity index (χ1v) is 25.4. The summed E-state index contributed by atoms with van der Waals surface area (Å²) in [7, 11) is -1.26. The standard InChI is InChI=1S/C27H29F3N2OS.C27H29F3N2S/c28-23-7-1-20(2-8-23)19-32-16-13-26(14-17-32)31-15-18-34(33)27(21-3-9-24(29)10-4-21)22-5-11-25(30)12-6-22;28-23-7-1-20(2-8-23)19-32-16-13-26(14-17-32)31-15-18-33-27(21-3-9-24(29)10-4-21)22-5-11-25(30)12-6-22/h1-12,26-27,31H,13-19H2;1-12,26-27,31H,13-19H2. The minimum atomic E-state index is -1.26. The Morgan fingerprint density at radius 3 is 1.13 bits per heavy atom. The summed E-state index contributed by atoms with van der Waals surface area (Å²) in [5.41, 5.74) is 5.78. The van der Waals surface area contributed by atoms with Gasteiger partial charge in [0.15, 0.2) is 0 Å². The summed E-state index contributed by atoms with van der Waals surface area (Å²) in [6, 6.07) is 39.4. The number of rotatable bonds is 18. The van der Waals surface area contributed by atoms with E-state index in [2.05, 4.69) is 20.4 Å². The van der Waals surface area contributed by atoms with Crippen molar-refractivity contribution in [2.75, 3.05) is 50.8 Å². The zero-order valence-corrected chi connectivity index (χ0v) is 39.1. The minimum absolute atomic E-state index is 0.0329. The third-order valence-electron chi connectivity index (χ3n) is 12.3. The number of piperidine rings is 2. The molecule has 0 saturated carbocycles. The summed E-state index contributed by atoms with van der Waals surface area (Å²) in [5, 5.41) is 6.79. The summed E-state index contributed by atoms with van der Waals surface area (Å²) in [4.78, 5) is 4.78. The predicted molar refractivity (Wildman–Crippen MR) is 260 cm³/mol. The highest BCUT2D eigenvalue weighted by Gasteiger charge is 2.24. The van der Waals surface area contributed by atoms with Crippen LogP contribution in [-0.2, 0) is 23.9 Å². The number of likely N-dealkylation sites (tertiary alicyclic amines) is 2. The maximum Gasteiger partial charge on any atom is 0.123 e. The van der Waals surface area contributed by atoms with E-state index in [0.717, 1.165) is 111 Å². The number of hydrogen-bond acceptors (Lipinski definition) is 6. The summed E-state index contributed by atoms with van der Waals surface area (Å²) in [6.07, 6.45) is 4.16. The number of nitrogens with one attached hydrogen (secondary N) is 2. The SMILES string of the molecule is Fc1ccc(CN2CCC(NCCSC(c3ccc(F)cc3)c3ccc(F)cc3)CC2)cc1.O=S(CCNC1CCN(Cc2ccc(F)cc2)CC1)C(c1ccc(F)cc1)c1ccc(F)cc1. The van der Waals surface area contributed by atoms with Gasteiger partial charge in [-0.25, -0.2) is 26.3 Å². The van der Waals surface area contributed by atoms with Gasteiger partial charge in [-0.05, 0) is 158 Å². The van der Waals surface area contributed by atoms with Gasteiger partial charge < -0.3 is 10.6 Å². The fraction of sp³-hybridized carbons (Fsp3) is 0.333. The van der Waals surface area contributed by atoms with E-state index in [4.69, 9.17) is 0 Å². The summed E-state index contributed by atoms with van der Waals surface area (Å²) in [6.45, 7) is 7.11. The van der Waals surface area contributed by atoms with Gasteiger partial charge in [-0.2, -0.15) is 0 Å². The van der Waals surface area contributed by atoms with Crippen LogP contribution in [-0.4, -0.2) is 76.9 Å². The molecule has 5 nitrogen and oxygen atoms in total. The van der Waals surface area contributed by atoms with Gasteiger partial charge in [0.1, 0.15) is 34.9 Å². The fourth-order valence-corrected chi connectivity index (χ4v) is 11.3. The van der Waals surface area contributed by atoms with E-state index in [1.165, 1.54) is 72.8 Å². The third kappa shape index (κ3) is 15.9. The molecule has 0 amide bonds.